The number of aromatic nitrogens is 3. The molecule has 1 aliphatic heterocycles. The summed E-state index contributed by atoms with van der Waals surface area (Å²) in [6.07, 6.45) is 2.84. The van der Waals surface area contributed by atoms with Crippen LogP contribution in [0.3, 0.4) is 0 Å². The predicted octanol–water partition coefficient (Wildman–Crippen LogP) is 4.00. The Bertz CT molecular complexity index is 1590. The molecule has 208 valence electrons. The molecule has 1 aliphatic rings. The van der Waals surface area contributed by atoms with Crippen LogP contribution in [0.5, 0.6) is 11.9 Å². The van der Waals surface area contributed by atoms with E-state index in [-0.39, 0.29) is 52.5 Å². The van der Waals surface area contributed by atoms with Gasteiger partial charge >= 0.3 is 6.01 Å². The maximum absolute atomic E-state index is 15.4. The molecule has 0 aliphatic carbocycles. The van der Waals surface area contributed by atoms with Gasteiger partial charge in [0.1, 0.15) is 29.4 Å². The van der Waals surface area contributed by atoms with Crippen LogP contribution in [0.25, 0.3) is 10.9 Å². The highest BCUT2D eigenvalue weighted by Crippen LogP contribution is 2.41. The summed E-state index contributed by atoms with van der Waals surface area (Å²) in [5.74, 6) is -5.03. The third kappa shape index (κ3) is 4.78. The second kappa shape index (κ2) is 10.7. The van der Waals surface area contributed by atoms with Gasteiger partial charge < -0.3 is 19.5 Å². The molecule has 0 saturated carbocycles. The summed E-state index contributed by atoms with van der Waals surface area (Å²) in [6.45, 7) is 3.98. The Morgan fingerprint density at radius 1 is 1.25 bits per heavy atom. The Morgan fingerprint density at radius 2 is 1.98 bits per heavy atom. The molecule has 0 unspecified atom stereocenters. The molecule has 0 spiro atoms. The third-order valence-corrected chi connectivity index (χ3v) is 6.46. The van der Waals surface area contributed by atoms with E-state index in [1.165, 1.54) is 38.8 Å². The van der Waals surface area contributed by atoms with Gasteiger partial charge in [0.05, 0.1) is 36.6 Å². The molecule has 0 atom stereocenters. The summed E-state index contributed by atoms with van der Waals surface area (Å²) < 4.78 is 55.5. The van der Waals surface area contributed by atoms with Crippen LogP contribution in [0.2, 0.25) is 0 Å². The Morgan fingerprint density at radius 3 is 2.60 bits per heavy atom. The molecule has 0 bridgehead atoms. The number of pyridine rings is 1. The highest BCUT2D eigenvalue weighted by atomic mass is 32.1. The average Bonchev–Trinajstić information content (AvgIpc) is 3.09. The Labute approximate surface area is 232 Å². The van der Waals surface area contributed by atoms with Gasteiger partial charge in [-0.25, -0.2) is 9.37 Å². The van der Waals surface area contributed by atoms with E-state index in [2.05, 4.69) is 15.0 Å². The van der Waals surface area contributed by atoms with Crippen molar-refractivity contribution in [2.45, 2.75) is 32.2 Å². The summed E-state index contributed by atoms with van der Waals surface area (Å²) in [5, 5.41) is 18.5. The molecule has 1 N–H and O–H groups in total. The van der Waals surface area contributed by atoms with Crippen molar-refractivity contribution < 1.29 is 32.5 Å². The summed E-state index contributed by atoms with van der Waals surface area (Å²) in [7, 11) is 1.30. The zero-order valence-electron chi connectivity index (χ0n) is 21.8. The van der Waals surface area contributed by atoms with E-state index in [9.17, 15) is 23.9 Å². The van der Waals surface area contributed by atoms with Crippen molar-refractivity contribution in [2.24, 2.45) is 0 Å². The molecule has 3 aromatic rings. The second-order valence-electron chi connectivity index (χ2n) is 9.05. The van der Waals surface area contributed by atoms with Crippen molar-refractivity contribution in [1.82, 2.24) is 15.0 Å². The van der Waals surface area contributed by atoms with E-state index in [1.807, 2.05) is 0 Å². The molecule has 4 rings (SSSR count). The van der Waals surface area contributed by atoms with Gasteiger partial charge in [-0.05, 0) is 57.3 Å². The lowest BCUT2D eigenvalue weighted by Gasteiger charge is -2.29. The molecule has 1 fully saturated rings. The number of alkyl halides is 2. The van der Waals surface area contributed by atoms with Crippen LogP contribution in [0.4, 0.5) is 24.5 Å². The Hall–Kier alpha value is -4.35. The molecule has 14 heteroatoms. The van der Waals surface area contributed by atoms with Crippen LogP contribution >= 0.6 is 12.2 Å². The van der Waals surface area contributed by atoms with Gasteiger partial charge in [0.25, 0.3) is 11.8 Å². The minimum absolute atomic E-state index is 0.0742. The number of nitriles is 1. The number of benzene rings is 1. The standard InChI is InChI=1S/C26H23F3N6O4S/c1-5-6-26(28,29)17-10-15(13-31-19(17)12-30)34-22(37)25(2,3)35(24(34)40)14-9-16-20(18(27)11-14)32-23(38-4)33-21(16)39-8-7-36/h5-6,9-11,13,36H,7-8H2,1-4H3/b6-5+. The number of anilines is 2. The average molecular weight is 573 g/mol. The van der Waals surface area contributed by atoms with Crippen LogP contribution in [-0.2, 0) is 10.7 Å². The number of hydrogen-bond donors (Lipinski definition) is 1. The molecule has 0 radical (unpaired) electrons. The highest BCUT2D eigenvalue weighted by molar-refractivity contribution is 7.81. The van der Waals surface area contributed by atoms with E-state index < -0.39 is 34.4 Å². The maximum atomic E-state index is 15.4. The molecule has 1 saturated heterocycles. The molecule has 1 amide bonds. The Kier molecular flexibility index (Phi) is 7.64. The van der Waals surface area contributed by atoms with Crippen molar-refractivity contribution in [3.63, 3.8) is 0 Å². The third-order valence-electron chi connectivity index (χ3n) is 6.09. The quantitative estimate of drug-likeness (QED) is 0.313. The number of nitrogens with zero attached hydrogens (tertiary/aromatic N) is 6. The first-order chi connectivity index (χ1) is 18.9. The smallest absolute Gasteiger partial charge is 0.320 e. The number of thiocarbonyl (C=S) groups is 1. The second-order valence-corrected chi connectivity index (χ2v) is 9.42. The van der Waals surface area contributed by atoms with Gasteiger partial charge in [0.2, 0.25) is 5.88 Å². The van der Waals surface area contributed by atoms with Gasteiger partial charge in [-0.3, -0.25) is 9.69 Å². The minimum Gasteiger partial charge on any atom is -0.475 e. The van der Waals surface area contributed by atoms with Gasteiger partial charge in [-0.2, -0.15) is 24.0 Å². The first-order valence-corrected chi connectivity index (χ1v) is 12.2. The summed E-state index contributed by atoms with van der Waals surface area (Å²) in [6, 6.07) is 5.03. The monoisotopic (exact) mass is 572 g/mol. The van der Waals surface area contributed by atoms with Crippen LogP contribution in [0.1, 0.15) is 32.0 Å². The van der Waals surface area contributed by atoms with Crippen LogP contribution in [0, 0.1) is 17.1 Å². The normalized spacial score (nSPS) is 15.3. The lowest BCUT2D eigenvalue weighted by atomic mass is 10.0. The molecule has 3 heterocycles. The van der Waals surface area contributed by atoms with Gasteiger partial charge in [-0.15, -0.1) is 0 Å². The van der Waals surface area contributed by atoms with E-state index in [1.54, 1.807) is 6.07 Å². The van der Waals surface area contributed by atoms with Crippen LogP contribution in [-0.4, -0.2) is 56.9 Å². The number of methoxy groups -OCH3 is 1. The first-order valence-electron chi connectivity index (χ1n) is 11.8. The number of ether oxygens (including phenoxy) is 2. The lowest BCUT2D eigenvalue weighted by molar-refractivity contribution is -0.120. The van der Waals surface area contributed by atoms with E-state index in [0.29, 0.717) is 6.08 Å². The fourth-order valence-electron chi connectivity index (χ4n) is 4.28. The number of rotatable bonds is 8. The fourth-order valence-corrected chi connectivity index (χ4v) is 4.80. The minimum atomic E-state index is -3.55. The summed E-state index contributed by atoms with van der Waals surface area (Å²) >= 11 is 5.61. The van der Waals surface area contributed by atoms with Gasteiger partial charge in [0.15, 0.2) is 10.9 Å². The zero-order valence-corrected chi connectivity index (χ0v) is 22.6. The lowest BCUT2D eigenvalue weighted by Crippen LogP contribution is -2.44. The van der Waals surface area contributed by atoms with E-state index in [0.717, 1.165) is 29.3 Å². The topological polar surface area (TPSA) is 125 Å². The zero-order chi connectivity index (χ0) is 29.4. The van der Waals surface area contributed by atoms with Crippen LogP contribution < -0.4 is 19.3 Å². The predicted molar refractivity (Wildman–Crippen MR) is 143 cm³/mol. The largest absolute Gasteiger partial charge is 0.475 e. The van der Waals surface area contributed by atoms with Crippen molar-refractivity contribution in [3.05, 3.63) is 53.6 Å². The number of aliphatic hydroxyl groups excluding tert-OH is 1. The van der Waals surface area contributed by atoms with Crippen molar-refractivity contribution in [2.75, 3.05) is 30.1 Å². The molecule has 10 nitrogen and oxygen atoms in total. The summed E-state index contributed by atoms with van der Waals surface area (Å²) in [4.78, 5) is 28.0. The number of hydrogen-bond acceptors (Lipinski definition) is 9. The molecule has 1 aromatic carbocycles. The number of aliphatic hydroxyl groups is 1. The SMILES string of the molecule is C/C=C/C(F)(F)c1cc(N2C(=O)C(C)(C)N(c3cc(F)c4nc(OC)nc(OCCO)c4c3)C2=S)cnc1C#N. The molecular formula is C26H23F3N6O4S. The van der Waals surface area contributed by atoms with Crippen molar-refractivity contribution in [1.29, 1.82) is 5.26 Å². The van der Waals surface area contributed by atoms with Gasteiger partial charge in [0, 0.05) is 5.69 Å². The number of allylic oxidation sites excluding steroid dienone is 2. The summed E-state index contributed by atoms with van der Waals surface area (Å²) in [5.41, 5.74) is -2.73. The number of carbonyl (C=O) groups is 1. The van der Waals surface area contributed by atoms with Crippen LogP contribution in [0.15, 0.2) is 36.5 Å². The highest BCUT2D eigenvalue weighted by Gasteiger charge is 2.51. The molecule has 2 aromatic heterocycles. The van der Waals surface area contributed by atoms with E-state index in [4.69, 9.17) is 21.7 Å². The number of carbonyl (C=O) groups excluding carboxylic acids is 1. The van der Waals surface area contributed by atoms with Crippen molar-refractivity contribution >= 4 is 45.5 Å². The Balaban J connectivity index is 1.86. The maximum Gasteiger partial charge on any atom is 0.320 e. The number of halogens is 3. The van der Waals surface area contributed by atoms with Gasteiger partial charge in [-0.1, -0.05) is 6.08 Å². The molecular weight excluding hydrogens is 549 g/mol. The van der Waals surface area contributed by atoms with E-state index >= 15 is 4.39 Å². The first kappa shape index (κ1) is 28.7. The fraction of sp³-hybridized carbons (Fsp3) is 0.308. The molecule has 40 heavy (non-hydrogen) atoms. The number of fused-ring (bicyclic) bond motifs is 1. The van der Waals surface area contributed by atoms with Crippen molar-refractivity contribution in [3.8, 4) is 18.0 Å². The number of amides is 1.